The van der Waals surface area contributed by atoms with Gasteiger partial charge < -0.3 is 14.5 Å². The molecular formula is C16H23N5O4S. The van der Waals surface area contributed by atoms with Crippen molar-refractivity contribution in [3.63, 3.8) is 0 Å². The smallest absolute Gasteiger partial charge is 0.274 e. The average molecular weight is 381 g/mol. The molecule has 0 unspecified atom stereocenters. The van der Waals surface area contributed by atoms with E-state index in [4.69, 9.17) is 4.74 Å². The van der Waals surface area contributed by atoms with Gasteiger partial charge in [0.15, 0.2) is 11.5 Å². The van der Waals surface area contributed by atoms with Crippen molar-refractivity contribution in [3.05, 3.63) is 17.8 Å². The second-order valence-corrected chi connectivity index (χ2v) is 9.02. The third-order valence-electron chi connectivity index (χ3n) is 5.04. The highest BCUT2D eigenvalue weighted by molar-refractivity contribution is 7.90. The van der Waals surface area contributed by atoms with Crippen molar-refractivity contribution in [2.75, 3.05) is 57.4 Å². The molecule has 2 aliphatic heterocycles. The van der Waals surface area contributed by atoms with Crippen LogP contribution in [0.15, 0.2) is 12.1 Å². The molecule has 0 radical (unpaired) electrons. The molecule has 3 aliphatic rings. The summed E-state index contributed by atoms with van der Waals surface area (Å²) in [6, 6.07) is 3.49. The molecule has 142 valence electrons. The lowest BCUT2D eigenvalue weighted by Crippen LogP contribution is -2.51. The minimum Gasteiger partial charge on any atom is -0.378 e. The van der Waals surface area contributed by atoms with Gasteiger partial charge in [-0.25, -0.2) is 8.42 Å². The Kier molecular flexibility index (Phi) is 4.80. The standard InChI is InChI=1S/C16H23N5O4S/c22-16(14-3-4-15(18-17-14)19-9-11-25-12-10-19)20-5-7-21(8-6-20)26(23,24)13-1-2-13/h3-4,13H,1-2,5-12H2. The fourth-order valence-corrected chi connectivity index (χ4v) is 5.11. The maximum Gasteiger partial charge on any atom is 0.274 e. The second kappa shape index (κ2) is 7.09. The monoisotopic (exact) mass is 381 g/mol. The van der Waals surface area contributed by atoms with E-state index in [0.29, 0.717) is 45.1 Å². The molecule has 0 bridgehead atoms. The summed E-state index contributed by atoms with van der Waals surface area (Å²) in [4.78, 5) is 16.3. The van der Waals surface area contributed by atoms with Crippen LogP contribution in [0.4, 0.5) is 5.82 Å². The van der Waals surface area contributed by atoms with E-state index in [0.717, 1.165) is 31.7 Å². The Bertz CT molecular complexity index is 751. The number of carbonyl (C=O) groups is 1. The number of aromatic nitrogens is 2. The molecule has 9 nitrogen and oxygen atoms in total. The van der Waals surface area contributed by atoms with Gasteiger partial charge in [-0.15, -0.1) is 10.2 Å². The Morgan fingerprint density at radius 2 is 1.69 bits per heavy atom. The topological polar surface area (TPSA) is 95.9 Å². The van der Waals surface area contributed by atoms with E-state index >= 15 is 0 Å². The van der Waals surface area contributed by atoms with Gasteiger partial charge in [-0.05, 0) is 25.0 Å². The Labute approximate surface area is 153 Å². The van der Waals surface area contributed by atoms with Gasteiger partial charge in [-0.3, -0.25) is 4.79 Å². The molecule has 1 saturated carbocycles. The highest BCUT2D eigenvalue weighted by atomic mass is 32.2. The number of ether oxygens (including phenoxy) is 1. The zero-order valence-electron chi connectivity index (χ0n) is 14.6. The van der Waals surface area contributed by atoms with Crippen LogP contribution in [0.25, 0.3) is 0 Å². The molecule has 1 amide bonds. The van der Waals surface area contributed by atoms with Gasteiger partial charge in [-0.2, -0.15) is 4.31 Å². The van der Waals surface area contributed by atoms with Crippen LogP contribution < -0.4 is 4.90 Å². The number of carbonyl (C=O) groups excluding carboxylic acids is 1. The van der Waals surface area contributed by atoms with Gasteiger partial charge in [0, 0.05) is 39.3 Å². The Morgan fingerprint density at radius 3 is 2.27 bits per heavy atom. The summed E-state index contributed by atoms with van der Waals surface area (Å²) in [7, 11) is -3.17. The molecule has 0 N–H and O–H groups in total. The maximum atomic E-state index is 12.6. The molecule has 1 aromatic rings. The van der Waals surface area contributed by atoms with Crippen molar-refractivity contribution < 1.29 is 17.9 Å². The number of hydrogen-bond donors (Lipinski definition) is 0. The Morgan fingerprint density at radius 1 is 1.00 bits per heavy atom. The van der Waals surface area contributed by atoms with Crippen molar-refractivity contribution >= 4 is 21.7 Å². The number of amides is 1. The number of nitrogens with zero attached hydrogens (tertiary/aromatic N) is 5. The van der Waals surface area contributed by atoms with E-state index in [1.54, 1.807) is 17.0 Å². The largest absolute Gasteiger partial charge is 0.378 e. The van der Waals surface area contributed by atoms with E-state index in [1.807, 2.05) is 0 Å². The molecule has 0 atom stereocenters. The molecule has 26 heavy (non-hydrogen) atoms. The van der Waals surface area contributed by atoms with Gasteiger partial charge in [0.1, 0.15) is 0 Å². The zero-order chi connectivity index (χ0) is 18.1. The lowest BCUT2D eigenvalue weighted by molar-refractivity contribution is 0.0690. The number of piperazine rings is 1. The quantitative estimate of drug-likeness (QED) is 0.698. The van der Waals surface area contributed by atoms with Crippen molar-refractivity contribution in [1.82, 2.24) is 19.4 Å². The van der Waals surface area contributed by atoms with Gasteiger partial charge in [0.25, 0.3) is 5.91 Å². The fourth-order valence-electron chi connectivity index (χ4n) is 3.28. The zero-order valence-corrected chi connectivity index (χ0v) is 15.4. The first kappa shape index (κ1) is 17.6. The number of anilines is 1. The predicted molar refractivity (Wildman–Crippen MR) is 94.5 cm³/mol. The minimum atomic E-state index is -3.17. The van der Waals surface area contributed by atoms with Crippen LogP contribution in [0.2, 0.25) is 0 Å². The molecule has 3 fully saturated rings. The highest BCUT2D eigenvalue weighted by Gasteiger charge is 2.41. The maximum absolute atomic E-state index is 12.6. The molecule has 4 rings (SSSR count). The van der Waals surface area contributed by atoms with Crippen LogP contribution in [-0.2, 0) is 14.8 Å². The first-order valence-electron chi connectivity index (χ1n) is 9.00. The van der Waals surface area contributed by atoms with Crippen molar-refractivity contribution in [2.24, 2.45) is 0 Å². The van der Waals surface area contributed by atoms with Crippen LogP contribution in [0.3, 0.4) is 0 Å². The summed E-state index contributed by atoms with van der Waals surface area (Å²) in [6.45, 7) is 4.33. The van der Waals surface area contributed by atoms with E-state index in [2.05, 4.69) is 15.1 Å². The first-order chi connectivity index (χ1) is 12.6. The predicted octanol–water partition coefficient (Wildman–Crippen LogP) is -0.437. The molecule has 10 heteroatoms. The minimum absolute atomic E-state index is 0.200. The molecule has 1 aliphatic carbocycles. The van der Waals surface area contributed by atoms with Crippen LogP contribution in [-0.4, -0.2) is 91.5 Å². The van der Waals surface area contributed by atoms with Crippen LogP contribution in [0.5, 0.6) is 0 Å². The molecule has 0 spiro atoms. The third-order valence-corrected chi connectivity index (χ3v) is 7.43. The lowest BCUT2D eigenvalue weighted by atomic mass is 10.3. The number of morpholine rings is 1. The fraction of sp³-hybridized carbons (Fsp3) is 0.688. The van der Waals surface area contributed by atoms with E-state index < -0.39 is 10.0 Å². The molecule has 1 aromatic heterocycles. The molecule has 3 heterocycles. The summed E-state index contributed by atoms with van der Waals surface area (Å²) >= 11 is 0. The van der Waals surface area contributed by atoms with Gasteiger partial charge in [-0.1, -0.05) is 0 Å². The van der Waals surface area contributed by atoms with Gasteiger partial charge in [0.05, 0.1) is 18.5 Å². The van der Waals surface area contributed by atoms with Crippen molar-refractivity contribution in [3.8, 4) is 0 Å². The summed E-state index contributed by atoms with van der Waals surface area (Å²) in [6.07, 6.45) is 1.51. The molecule has 0 aromatic carbocycles. The third kappa shape index (κ3) is 3.53. The van der Waals surface area contributed by atoms with Crippen LogP contribution >= 0.6 is 0 Å². The van der Waals surface area contributed by atoms with E-state index in [9.17, 15) is 13.2 Å². The normalized spacial score (nSPS) is 22.5. The SMILES string of the molecule is O=C(c1ccc(N2CCOCC2)nn1)N1CCN(S(=O)(=O)C2CC2)CC1. The number of sulfonamides is 1. The second-order valence-electron chi connectivity index (χ2n) is 6.81. The molecule has 2 saturated heterocycles. The van der Waals surface area contributed by atoms with Crippen molar-refractivity contribution in [1.29, 1.82) is 0 Å². The van der Waals surface area contributed by atoms with Gasteiger partial charge >= 0.3 is 0 Å². The molecular weight excluding hydrogens is 358 g/mol. The van der Waals surface area contributed by atoms with E-state index in [1.165, 1.54) is 4.31 Å². The summed E-state index contributed by atoms with van der Waals surface area (Å²) < 4.78 is 31.4. The Hall–Kier alpha value is -1.78. The van der Waals surface area contributed by atoms with Crippen molar-refractivity contribution in [2.45, 2.75) is 18.1 Å². The number of rotatable bonds is 4. The van der Waals surface area contributed by atoms with E-state index in [-0.39, 0.29) is 11.2 Å². The van der Waals surface area contributed by atoms with Crippen LogP contribution in [0, 0.1) is 0 Å². The summed E-state index contributed by atoms with van der Waals surface area (Å²) in [5.74, 6) is 0.541. The van der Waals surface area contributed by atoms with Crippen LogP contribution in [0.1, 0.15) is 23.3 Å². The lowest BCUT2D eigenvalue weighted by Gasteiger charge is -2.33. The highest BCUT2D eigenvalue weighted by Crippen LogP contribution is 2.31. The summed E-state index contributed by atoms with van der Waals surface area (Å²) in [5, 5.41) is 8.04. The number of hydrogen-bond acceptors (Lipinski definition) is 7. The first-order valence-corrected chi connectivity index (χ1v) is 10.5. The Balaban J connectivity index is 1.36. The average Bonchev–Trinajstić information content (AvgIpc) is 3.54. The summed E-state index contributed by atoms with van der Waals surface area (Å²) in [5.41, 5.74) is 0.292. The van der Waals surface area contributed by atoms with Gasteiger partial charge in [0.2, 0.25) is 10.0 Å².